The van der Waals surface area contributed by atoms with Crippen LogP contribution in [0.3, 0.4) is 0 Å². The monoisotopic (exact) mass is 268 g/mol. The van der Waals surface area contributed by atoms with Crippen LogP contribution < -0.4 is 0 Å². The summed E-state index contributed by atoms with van der Waals surface area (Å²) in [5.74, 6) is -5.71. The Morgan fingerprint density at radius 3 is 1.71 bits per heavy atom. The van der Waals surface area contributed by atoms with Crippen LogP contribution in [0.15, 0.2) is 0 Å². The molecule has 0 saturated heterocycles. The first-order valence-corrected chi connectivity index (χ1v) is 4.65. The zero-order chi connectivity index (χ0) is 14.1. The topological polar surface area (TPSA) is 37.3 Å². The molecule has 0 radical (unpaired) electrons. The fourth-order valence-corrected chi connectivity index (χ4v) is 1.43. The van der Waals surface area contributed by atoms with E-state index < -0.39 is 42.1 Å². The van der Waals surface area contributed by atoms with Gasteiger partial charge in [-0.2, -0.15) is 18.1 Å². The molecule has 0 unspecified atom stereocenters. The molecule has 3 nitrogen and oxygen atoms in total. The van der Waals surface area contributed by atoms with E-state index in [0.29, 0.717) is 0 Å². The quantitative estimate of drug-likeness (QED) is 0.473. The first-order chi connectivity index (χ1) is 7.51. The molecule has 102 valence electrons. The SMILES string of the molecule is CC[N+](CC)(C(=O)O)C(F)(F)C(F)(F)C(F)F. The van der Waals surface area contributed by atoms with Crippen molar-refractivity contribution in [2.75, 3.05) is 13.1 Å². The van der Waals surface area contributed by atoms with Gasteiger partial charge in [-0.05, 0) is 13.8 Å². The second-order valence-electron chi connectivity index (χ2n) is 3.35. The van der Waals surface area contributed by atoms with Crippen LogP contribution >= 0.6 is 0 Å². The summed E-state index contributed by atoms with van der Waals surface area (Å²) in [6.45, 7) is -0.0670. The van der Waals surface area contributed by atoms with Crippen molar-refractivity contribution >= 4 is 6.09 Å². The van der Waals surface area contributed by atoms with Crippen LogP contribution in [-0.4, -0.2) is 47.2 Å². The van der Waals surface area contributed by atoms with Crippen LogP contribution in [0.25, 0.3) is 0 Å². The van der Waals surface area contributed by atoms with Crippen LogP contribution in [0.5, 0.6) is 0 Å². The van der Waals surface area contributed by atoms with Gasteiger partial charge in [0, 0.05) is 0 Å². The highest BCUT2D eigenvalue weighted by Gasteiger charge is 2.76. The Hall–Kier alpha value is -0.990. The molecule has 0 aromatic rings. The van der Waals surface area contributed by atoms with Crippen LogP contribution in [-0.2, 0) is 0 Å². The van der Waals surface area contributed by atoms with Gasteiger partial charge in [-0.15, -0.1) is 8.78 Å². The van der Waals surface area contributed by atoms with Gasteiger partial charge in [-0.3, -0.25) is 0 Å². The van der Waals surface area contributed by atoms with Gasteiger partial charge in [0.2, 0.25) is 0 Å². The lowest BCUT2D eigenvalue weighted by Crippen LogP contribution is -2.71. The molecule has 0 aromatic heterocycles. The van der Waals surface area contributed by atoms with E-state index in [1.54, 1.807) is 0 Å². The number of rotatable bonds is 5. The summed E-state index contributed by atoms with van der Waals surface area (Å²) in [5.41, 5.74) is 0. The number of nitrogens with zero attached hydrogens (tertiary/aromatic N) is 1. The summed E-state index contributed by atoms with van der Waals surface area (Å²) in [4.78, 5) is 10.7. The van der Waals surface area contributed by atoms with Crippen molar-refractivity contribution in [3.05, 3.63) is 0 Å². The molecule has 0 atom stereocenters. The van der Waals surface area contributed by atoms with E-state index >= 15 is 0 Å². The molecule has 0 saturated carbocycles. The fourth-order valence-electron chi connectivity index (χ4n) is 1.43. The molecule has 0 aliphatic carbocycles. The minimum absolute atomic E-state index is 0.910. The van der Waals surface area contributed by atoms with E-state index in [0.717, 1.165) is 13.8 Å². The molecular formula is C8H12F6NO2+. The van der Waals surface area contributed by atoms with Crippen LogP contribution in [0.2, 0.25) is 0 Å². The van der Waals surface area contributed by atoms with Gasteiger partial charge >= 0.3 is 24.5 Å². The molecule has 0 aromatic carbocycles. The zero-order valence-electron chi connectivity index (χ0n) is 9.06. The molecule has 1 amide bonds. The third-order valence-electron chi connectivity index (χ3n) is 2.66. The average molecular weight is 268 g/mol. The summed E-state index contributed by atoms with van der Waals surface area (Å²) in [5, 5.41) is 8.62. The number of halogens is 6. The van der Waals surface area contributed by atoms with Gasteiger partial charge in [0.25, 0.3) is 0 Å². The zero-order valence-corrected chi connectivity index (χ0v) is 9.06. The predicted molar refractivity (Wildman–Crippen MR) is 45.3 cm³/mol. The Kier molecular flexibility index (Phi) is 4.44. The van der Waals surface area contributed by atoms with Crippen LogP contribution in [0, 0.1) is 0 Å². The Labute approximate surface area is 93.2 Å². The molecule has 0 bridgehead atoms. The van der Waals surface area contributed by atoms with E-state index in [2.05, 4.69) is 0 Å². The van der Waals surface area contributed by atoms with Gasteiger partial charge in [-0.1, -0.05) is 0 Å². The standard InChI is InChI=1S/C8H11F6NO2/c1-3-15(4-2,6(16)17)8(13,14)7(11,12)5(9)10/h5H,3-4H2,1-2H3/p+1. The lowest BCUT2D eigenvalue weighted by Gasteiger charge is -2.39. The third-order valence-corrected chi connectivity index (χ3v) is 2.66. The molecule has 0 spiro atoms. The lowest BCUT2D eigenvalue weighted by atomic mass is 10.2. The molecular weight excluding hydrogens is 256 g/mol. The maximum atomic E-state index is 13.4. The maximum absolute atomic E-state index is 13.4. The van der Waals surface area contributed by atoms with Crippen LogP contribution in [0.4, 0.5) is 31.1 Å². The van der Waals surface area contributed by atoms with Gasteiger partial charge < -0.3 is 5.11 Å². The van der Waals surface area contributed by atoms with Crippen molar-refractivity contribution in [1.82, 2.24) is 0 Å². The normalized spacial score (nSPS) is 14.2. The second kappa shape index (κ2) is 4.71. The van der Waals surface area contributed by atoms with Crippen molar-refractivity contribution in [2.45, 2.75) is 32.2 Å². The molecule has 0 heterocycles. The Morgan fingerprint density at radius 2 is 1.53 bits per heavy atom. The van der Waals surface area contributed by atoms with Crippen molar-refractivity contribution in [3.8, 4) is 0 Å². The van der Waals surface area contributed by atoms with E-state index in [-0.39, 0.29) is 0 Å². The minimum atomic E-state index is -5.71. The summed E-state index contributed by atoms with van der Waals surface area (Å²) in [7, 11) is 0. The lowest BCUT2D eigenvalue weighted by molar-refractivity contribution is -0.957. The van der Waals surface area contributed by atoms with Crippen LogP contribution in [0.1, 0.15) is 13.8 Å². The Balaban J connectivity index is 5.76. The maximum Gasteiger partial charge on any atom is 0.518 e. The number of carboxylic acid groups (broad SMARTS) is 1. The molecule has 1 N–H and O–H groups in total. The van der Waals surface area contributed by atoms with E-state index in [1.807, 2.05) is 0 Å². The molecule has 0 rings (SSSR count). The molecule has 9 heteroatoms. The molecule has 0 aliphatic rings. The largest absolute Gasteiger partial charge is 0.518 e. The number of quaternary nitrogens is 1. The summed E-state index contributed by atoms with van der Waals surface area (Å²) >= 11 is 0. The fraction of sp³-hybridized carbons (Fsp3) is 0.875. The highest BCUT2D eigenvalue weighted by Crippen LogP contribution is 2.45. The van der Waals surface area contributed by atoms with E-state index in [1.165, 1.54) is 0 Å². The Bertz CT molecular complexity index is 290. The van der Waals surface area contributed by atoms with Crippen molar-refractivity contribution in [1.29, 1.82) is 0 Å². The molecule has 0 fully saturated rings. The molecule has 0 aliphatic heterocycles. The summed E-state index contributed by atoms with van der Waals surface area (Å²) < 4.78 is 73.8. The van der Waals surface area contributed by atoms with E-state index in [4.69, 9.17) is 5.11 Å². The number of alkyl halides is 6. The van der Waals surface area contributed by atoms with Gasteiger partial charge in [-0.25, -0.2) is 8.78 Å². The highest BCUT2D eigenvalue weighted by atomic mass is 19.3. The average Bonchev–Trinajstić information content (AvgIpc) is 2.18. The smallest absolute Gasteiger partial charge is 0.435 e. The van der Waals surface area contributed by atoms with Gasteiger partial charge in [0.15, 0.2) is 0 Å². The summed E-state index contributed by atoms with van der Waals surface area (Å²) in [6.07, 6.45) is -6.92. The minimum Gasteiger partial charge on any atom is -0.435 e. The number of hydrogen-bond acceptors (Lipinski definition) is 1. The van der Waals surface area contributed by atoms with Crippen molar-refractivity contribution in [3.63, 3.8) is 0 Å². The van der Waals surface area contributed by atoms with Gasteiger partial charge in [0.1, 0.15) is 0 Å². The third kappa shape index (κ3) is 2.07. The molecule has 17 heavy (non-hydrogen) atoms. The highest BCUT2D eigenvalue weighted by molar-refractivity contribution is 5.57. The van der Waals surface area contributed by atoms with Crippen molar-refractivity contribution < 1.29 is 40.7 Å². The first-order valence-electron chi connectivity index (χ1n) is 4.65. The predicted octanol–water partition coefficient (Wildman–Crippen LogP) is 3.01. The van der Waals surface area contributed by atoms with E-state index in [9.17, 15) is 31.1 Å². The summed E-state index contributed by atoms with van der Waals surface area (Å²) in [6, 6.07) is -5.39. The van der Waals surface area contributed by atoms with Gasteiger partial charge in [0.05, 0.1) is 13.1 Å². The Morgan fingerprint density at radius 1 is 1.18 bits per heavy atom. The first kappa shape index (κ1) is 16.0. The number of carbonyl (C=O) groups is 1. The number of hydrogen-bond donors (Lipinski definition) is 1. The van der Waals surface area contributed by atoms with Crippen molar-refractivity contribution in [2.24, 2.45) is 0 Å². The number of amides is 1. The second-order valence-corrected chi connectivity index (χ2v) is 3.35.